The number of aromatic nitrogens is 2. The van der Waals surface area contributed by atoms with Crippen LogP contribution in [0.2, 0.25) is 5.02 Å². The highest BCUT2D eigenvalue weighted by atomic mass is 35.5. The monoisotopic (exact) mass is 418 g/mol. The van der Waals surface area contributed by atoms with Crippen LogP contribution in [0.15, 0.2) is 77.6 Å². The molecule has 0 bridgehead atoms. The van der Waals surface area contributed by atoms with Crippen LogP contribution >= 0.6 is 22.9 Å². The van der Waals surface area contributed by atoms with E-state index in [2.05, 4.69) is 4.98 Å². The van der Waals surface area contributed by atoms with Crippen LogP contribution in [0.5, 0.6) is 5.75 Å². The molecule has 29 heavy (non-hydrogen) atoms. The average molecular weight is 419 g/mol. The van der Waals surface area contributed by atoms with Crippen LogP contribution in [0.25, 0.3) is 22.1 Å². The molecule has 0 atom stereocenters. The summed E-state index contributed by atoms with van der Waals surface area (Å²) in [6, 6.07) is 23.0. The van der Waals surface area contributed by atoms with Crippen molar-refractivity contribution in [1.82, 2.24) is 9.38 Å². The van der Waals surface area contributed by atoms with Crippen LogP contribution in [-0.4, -0.2) is 9.38 Å². The fraction of sp³-hybridized carbons (Fsp3) is 0.0435. The summed E-state index contributed by atoms with van der Waals surface area (Å²) in [5.41, 5.74) is 3.37. The number of hydrogen-bond acceptors (Lipinski definition) is 4. The number of imidazole rings is 1. The van der Waals surface area contributed by atoms with E-state index in [4.69, 9.17) is 16.3 Å². The topological polar surface area (TPSA) is 43.6 Å². The molecule has 142 valence electrons. The Morgan fingerprint density at radius 3 is 2.69 bits per heavy atom. The van der Waals surface area contributed by atoms with Gasteiger partial charge in [0.1, 0.15) is 12.4 Å². The molecule has 0 radical (unpaired) electrons. The molecule has 2 heterocycles. The highest BCUT2D eigenvalue weighted by Crippen LogP contribution is 2.25. The molecule has 0 fully saturated rings. The van der Waals surface area contributed by atoms with Crippen molar-refractivity contribution < 1.29 is 4.74 Å². The van der Waals surface area contributed by atoms with Gasteiger partial charge in [-0.1, -0.05) is 65.4 Å². The third-order valence-electron chi connectivity index (χ3n) is 4.64. The Kier molecular flexibility index (Phi) is 4.54. The Labute approximate surface area is 175 Å². The molecular weight excluding hydrogens is 404 g/mol. The number of fused-ring (bicyclic) bond motifs is 3. The number of thiazole rings is 1. The maximum absolute atomic E-state index is 13.0. The molecule has 0 saturated heterocycles. The van der Waals surface area contributed by atoms with Gasteiger partial charge in [-0.3, -0.25) is 4.79 Å². The first-order valence-corrected chi connectivity index (χ1v) is 10.3. The summed E-state index contributed by atoms with van der Waals surface area (Å²) in [4.78, 5) is 18.2. The number of nitrogens with zero attached hydrogens (tertiary/aromatic N) is 2. The van der Waals surface area contributed by atoms with Gasteiger partial charge in [-0.25, -0.2) is 9.38 Å². The molecule has 0 N–H and O–H groups in total. The third-order valence-corrected chi connectivity index (χ3v) is 5.84. The minimum absolute atomic E-state index is 0.0901. The summed E-state index contributed by atoms with van der Waals surface area (Å²) in [5, 5.41) is 0.586. The van der Waals surface area contributed by atoms with Crippen molar-refractivity contribution in [1.29, 1.82) is 0 Å². The van der Waals surface area contributed by atoms with Crippen LogP contribution in [0.4, 0.5) is 0 Å². The van der Waals surface area contributed by atoms with Crippen molar-refractivity contribution in [3.05, 3.63) is 104 Å². The van der Waals surface area contributed by atoms with Crippen LogP contribution in [-0.2, 0) is 6.61 Å². The molecule has 0 aliphatic heterocycles. The van der Waals surface area contributed by atoms with E-state index >= 15 is 0 Å². The number of para-hydroxylation sites is 2. The quantitative estimate of drug-likeness (QED) is 0.425. The van der Waals surface area contributed by atoms with Gasteiger partial charge in [0.05, 0.1) is 15.6 Å². The number of benzene rings is 3. The minimum Gasteiger partial charge on any atom is -0.488 e. The van der Waals surface area contributed by atoms with Gasteiger partial charge in [-0.05, 0) is 42.0 Å². The molecule has 0 aliphatic carbocycles. The first-order valence-electron chi connectivity index (χ1n) is 9.07. The summed E-state index contributed by atoms with van der Waals surface area (Å²) < 4.78 is 8.25. The molecule has 4 nitrogen and oxygen atoms in total. The predicted molar refractivity (Wildman–Crippen MR) is 118 cm³/mol. The Balaban J connectivity index is 1.59. The molecule has 5 aromatic rings. The standard InChI is InChI=1S/C23H15ClN2O2S/c24-17-10-11-20(28-14-15-6-2-1-3-7-15)16(12-17)13-21-22(27)26-19-9-5-4-8-18(19)25-23(26)29-21/h1-13H,14H2/b21-13+. The summed E-state index contributed by atoms with van der Waals surface area (Å²) in [6.45, 7) is 0.436. The van der Waals surface area contributed by atoms with Crippen molar-refractivity contribution in [2.24, 2.45) is 0 Å². The number of ether oxygens (including phenoxy) is 1. The second kappa shape index (κ2) is 7.35. The first-order chi connectivity index (χ1) is 14.2. The highest BCUT2D eigenvalue weighted by Gasteiger charge is 2.11. The van der Waals surface area contributed by atoms with E-state index in [1.807, 2.05) is 72.8 Å². The number of halogens is 1. The fourth-order valence-corrected chi connectivity index (χ4v) is 4.41. The Bertz CT molecular complexity index is 1440. The predicted octanol–water partition coefficient (Wildman–Crippen LogP) is 4.69. The van der Waals surface area contributed by atoms with Crippen LogP contribution in [0, 0.1) is 0 Å². The lowest BCUT2D eigenvalue weighted by Crippen LogP contribution is -2.22. The normalized spacial score (nSPS) is 12.1. The molecule has 0 unspecified atom stereocenters. The fourth-order valence-electron chi connectivity index (χ4n) is 3.25. The van der Waals surface area contributed by atoms with Crippen molar-refractivity contribution >= 4 is 45.0 Å². The van der Waals surface area contributed by atoms with Crippen molar-refractivity contribution in [3.63, 3.8) is 0 Å². The first kappa shape index (κ1) is 17.9. The van der Waals surface area contributed by atoms with Crippen molar-refractivity contribution in [2.75, 3.05) is 0 Å². The van der Waals surface area contributed by atoms with Gasteiger partial charge < -0.3 is 4.74 Å². The van der Waals surface area contributed by atoms with E-state index in [1.165, 1.54) is 11.3 Å². The summed E-state index contributed by atoms with van der Waals surface area (Å²) in [6.07, 6.45) is 1.82. The van der Waals surface area contributed by atoms with Gasteiger partial charge in [0.25, 0.3) is 5.56 Å². The lowest BCUT2D eigenvalue weighted by Gasteiger charge is -2.09. The van der Waals surface area contributed by atoms with Crippen LogP contribution in [0.3, 0.4) is 0 Å². The number of rotatable bonds is 4. The maximum atomic E-state index is 13.0. The van der Waals surface area contributed by atoms with Crippen LogP contribution in [0.1, 0.15) is 11.1 Å². The van der Waals surface area contributed by atoms with E-state index < -0.39 is 0 Å². The van der Waals surface area contributed by atoms with Gasteiger partial charge in [-0.2, -0.15) is 0 Å². The van der Waals surface area contributed by atoms with Gasteiger partial charge in [0, 0.05) is 10.6 Å². The SMILES string of the molecule is O=c1/c(=C\c2cc(Cl)ccc2OCc2ccccc2)sc2nc3ccccc3n12. The molecular formula is C23H15ClN2O2S. The van der Waals surface area contributed by atoms with Crippen LogP contribution < -0.4 is 14.8 Å². The zero-order valence-corrected chi connectivity index (χ0v) is 16.8. The Morgan fingerprint density at radius 2 is 1.83 bits per heavy atom. The molecule has 0 amide bonds. The zero-order chi connectivity index (χ0) is 19.8. The second-order valence-electron chi connectivity index (χ2n) is 6.59. The van der Waals surface area contributed by atoms with Crippen molar-refractivity contribution in [2.45, 2.75) is 6.61 Å². The van der Waals surface area contributed by atoms with Crippen molar-refractivity contribution in [3.8, 4) is 5.75 Å². The molecule has 2 aromatic heterocycles. The van der Waals surface area contributed by atoms with E-state index in [0.717, 1.165) is 22.2 Å². The molecule has 5 rings (SSSR count). The zero-order valence-electron chi connectivity index (χ0n) is 15.2. The van der Waals surface area contributed by atoms with Gasteiger partial charge >= 0.3 is 0 Å². The van der Waals surface area contributed by atoms with Gasteiger partial charge in [0.2, 0.25) is 0 Å². The summed E-state index contributed by atoms with van der Waals surface area (Å²) in [7, 11) is 0. The lowest BCUT2D eigenvalue weighted by atomic mass is 10.2. The maximum Gasteiger partial charge on any atom is 0.274 e. The molecule has 0 saturated carbocycles. The van der Waals surface area contributed by atoms with Gasteiger partial charge in [0.15, 0.2) is 4.96 Å². The van der Waals surface area contributed by atoms with E-state index in [9.17, 15) is 4.79 Å². The van der Waals surface area contributed by atoms with E-state index in [-0.39, 0.29) is 5.56 Å². The molecule has 0 spiro atoms. The van der Waals surface area contributed by atoms with Gasteiger partial charge in [-0.15, -0.1) is 0 Å². The molecule has 3 aromatic carbocycles. The smallest absolute Gasteiger partial charge is 0.274 e. The second-order valence-corrected chi connectivity index (χ2v) is 8.04. The van der Waals surface area contributed by atoms with E-state index in [1.54, 1.807) is 10.5 Å². The Hall–Kier alpha value is -3.15. The molecule has 6 heteroatoms. The average Bonchev–Trinajstić information content (AvgIpc) is 3.24. The largest absolute Gasteiger partial charge is 0.488 e. The van der Waals surface area contributed by atoms with E-state index in [0.29, 0.717) is 26.9 Å². The third kappa shape index (κ3) is 3.39. The minimum atomic E-state index is -0.0901. The number of hydrogen-bond donors (Lipinski definition) is 0. The lowest BCUT2D eigenvalue weighted by molar-refractivity contribution is 0.305. The Morgan fingerprint density at radius 1 is 1.03 bits per heavy atom. The highest BCUT2D eigenvalue weighted by molar-refractivity contribution is 7.15. The summed E-state index contributed by atoms with van der Waals surface area (Å²) in [5.74, 6) is 0.675. The summed E-state index contributed by atoms with van der Waals surface area (Å²) >= 11 is 7.57. The molecule has 0 aliphatic rings.